The molecule has 21 heavy (non-hydrogen) atoms. The summed E-state index contributed by atoms with van der Waals surface area (Å²) in [7, 11) is 0. The van der Waals surface area contributed by atoms with Crippen molar-refractivity contribution in [2.45, 2.75) is 25.6 Å². The Balaban J connectivity index is 2.84. The van der Waals surface area contributed by atoms with Gasteiger partial charge in [0.25, 0.3) is 0 Å². The lowest BCUT2D eigenvalue weighted by atomic mass is 10.2. The summed E-state index contributed by atoms with van der Waals surface area (Å²) >= 11 is 5.44. The number of carbonyl (C=O) groups is 2. The first-order valence-corrected chi connectivity index (χ1v) is 6.20. The molecule has 1 atom stereocenters. The molecule has 0 bridgehead atoms. The minimum Gasteiger partial charge on any atom is -0.480 e. The topological polar surface area (TPSA) is 78.4 Å². The van der Waals surface area contributed by atoms with Crippen LogP contribution in [0.3, 0.4) is 0 Å². The van der Waals surface area contributed by atoms with Crippen LogP contribution in [0.5, 0.6) is 0 Å². The number of carbonyl (C=O) groups excluding carboxylic acids is 1. The van der Waals surface area contributed by atoms with Crippen molar-refractivity contribution in [1.29, 1.82) is 0 Å². The van der Waals surface area contributed by atoms with E-state index in [-0.39, 0.29) is 12.1 Å². The SMILES string of the molecule is CC[C@@H](NC(=O)Nc1ccc(Cl)c(C(F)(F)F)c1)C(=O)O. The van der Waals surface area contributed by atoms with Crippen LogP contribution >= 0.6 is 11.6 Å². The number of amides is 2. The van der Waals surface area contributed by atoms with Crippen molar-refractivity contribution in [1.82, 2.24) is 5.32 Å². The molecule has 0 aliphatic heterocycles. The highest BCUT2D eigenvalue weighted by Gasteiger charge is 2.33. The second-order valence-electron chi connectivity index (χ2n) is 4.09. The number of alkyl halides is 3. The van der Waals surface area contributed by atoms with Gasteiger partial charge in [0.05, 0.1) is 10.6 Å². The van der Waals surface area contributed by atoms with E-state index in [4.69, 9.17) is 16.7 Å². The third-order valence-electron chi connectivity index (χ3n) is 2.54. The average Bonchev–Trinajstić information content (AvgIpc) is 2.36. The zero-order valence-corrected chi connectivity index (χ0v) is 11.5. The second kappa shape index (κ2) is 6.66. The number of hydrogen-bond donors (Lipinski definition) is 3. The van der Waals surface area contributed by atoms with Crippen LogP contribution < -0.4 is 10.6 Å². The molecule has 5 nitrogen and oxygen atoms in total. The molecule has 0 aliphatic rings. The molecule has 0 heterocycles. The number of urea groups is 1. The van der Waals surface area contributed by atoms with E-state index in [2.05, 4.69) is 10.6 Å². The standard InChI is InChI=1S/C12H12ClF3N2O3/c1-2-9(10(19)20)18-11(21)17-6-3-4-8(13)7(5-6)12(14,15)16/h3-5,9H,2H2,1H3,(H,19,20)(H2,17,18,21)/t9-/m1/s1. The molecule has 0 spiro atoms. The number of anilines is 1. The monoisotopic (exact) mass is 324 g/mol. The fourth-order valence-electron chi connectivity index (χ4n) is 1.48. The summed E-state index contributed by atoms with van der Waals surface area (Å²) in [6, 6.07) is 0.802. The van der Waals surface area contributed by atoms with E-state index in [1.807, 2.05) is 0 Å². The Morgan fingerprint density at radius 1 is 1.38 bits per heavy atom. The molecule has 0 saturated heterocycles. The third-order valence-corrected chi connectivity index (χ3v) is 2.87. The first-order chi connectivity index (χ1) is 9.65. The molecule has 0 fully saturated rings. The van der Waals surface area contributed by atoms with E-state index in [9.17, 15) is 22.8 Å². The lowest BCUT2D eigenvalue weighted by Gasteiger charge is -2.15. The Bertz CT molecular complexity index is 549. The van der Waals surface area contributed by atoms with Crippen LogP contribution in [0.25, 0.3) is 0 Å². The smallest absolute Gasteiger partial charge is 0.417 e. The van der Waals surface area contributed by atoms with Gasteiger partial charge in [-0.25, -0.2) is 9.59 Å². The number of nitrogens with one attached hydrogen (secondary N) is 2. The highest BCUT2D eigenvalue weighted by atomic mass is 35.5. The molecule has 9 heteroatoms. The van der Waals surface area contributed by atoms with E-state index in [1.54, 1.807) is 6.92 Å². The third kappa shape index (κ3) is 4.82. The van der Waals surface area contributed by atoms with Crippen molar-refractivity contribution in [3.05, 3.63) is 28.8 Å². The number of carboxylic acid groups (broad SMARTS) is 1. The highest BCUT2D eigenvalue weighted by molar-refractivity contribution is 6.31. The van der Waals surface area contributed by atoms with Crippen LogP contribution in [0.4, 0.5) is 23.7 Å². The van der Waals surface area contributed by atoms with Gasteiger partial charge in [-0.1, -0.05) is 18.5 Å². The van der Waals surface area contributed by atoms with Gasteiger partial charge in [-0.05, 0) is 24.6 Å². The Morgan fingerprint density at radius 2 is 2.00 bits per heavy atom. The average molecular weight is 325 g/mol. The Kier molecular flexibility index (Phi) is 5.42. The highest BCUT2D eigenvalue weighted by Crippen LogP contribution is 2.36. The van der Waals surface area contributed by atoms with Crippen molar-refractivity contribution >= 4 is 29.3 Å². The van der Waals surface area contributed by atoms with Gasteiger partial charge in [-0.2, -0.15) is 13.2 Å². The quantitative estimate of drug-likeness (QED) is 0.794. The molecule has 1 rings (SSSR count). The number of carboxylic acids is 1. The maximum atomic E-state index is 12.6. The first kappa shape index (κ1) is 17.1. The summed E-state index contributed by atoms with van der Waals surface area (Å²) in [5.41, 5.74) is -1.24. The molecule has 0 radical (unpaired) electrons. The summed E-state index contributed by atoms with van der Waals surface area (Å²) in [6.45, 7) is 1.54. The summed E-state index contributed by atoms with van der Waals surface area (Å²) in [6.07, 6.45) is -4.52. The van der Waals surface area contributed by atoms with Gasteiger partial charge in [0.2, 0.25) is 0 Å². The van der Waals surface area contributed by atoms with Crippen LogP contribution in [-0.2, 0) is 11.0 Å². The van der Waals surface area contributed by atoms with Gasteiger partial charge in [0.1, 0.15) is 6.04 Å². The van der Waals surface area contributed by atoms with Gasteiger partial charge < -0.3 is 15.7 Å². The van der Waals surface area contributed by atoms with E-state index in [1.165, 1.54) is 6.07 Å². The van der Waals surface area contributed by atoms with Gasteiger partial charge in [-0.3, -0.25) is 0 Å². The molecule has 1 aromatic rings. The van der Waals surface area contributed by atoms with E-state index < -0.39 is 34.8 Å². The van der Waals surface area contributed by atoms with E-state index >= 15 is 0 Å². The van der Waals surface area contributed by atoms with Gasteiger partial charge in [0.15, 0.2) is 0 Å². The summed E-state index contributed by atoms with van der Waals surface area (Å²) < 4.78 is 37.9. The Labute approximate surface area is 123 Å². The lowest BCUT2D eigenvalue weighted by molar-refractivity contribution is -0.139. The Morgan fingerprint density at radius 3 is 2.48 bits per heavy atom. The number of rotatable bonds is 4. The van der Waals surface area contributed by atoms with Crippen molar-refractivity contribution in [2.75, 3.05) is 5.32 Å². The largest absolute Gasteiger partial charge is 0.480 e. The molecule has 0 aliphatic carbocycles. The molecular weight excluding hydrogens is 313 g/mol. The fourth-order valence-corrected chi connectivity index (χ4v) is 1.71. The first-order valence-electron chi connectivity index (χ1n) is 5.82. The fraction of sp³-hybridized carbons (Fsp3) is 0.333. The van der Waals surface area contributed by atoms with Crippen LogP contribution in [0.2, 0.25) is 5.02 Å². The molecule has 0 saturated carbocycles. The van der Waals surface area contributed by atoms with Crippen LogP contribution in [0.1, 0.15) is 18.9 Å². The predicted molar refractivity (Wildman–Crippen MR) is 70.3 cm³/mol. The van der Waals surface area contributed by atoms with Gasteiger partial charge >= 0.3 is 18.2 Å². The summed E-state index contributed by atoms with van der Waals surface area (Å²) in [4.78, 5) is 22.3. The maximum absolute atomic E-state index is 12.6. The summed E-state index contributed by atoms with van der Waals surface area (Å²) in [5.74, 6) is -1.24. The second-order valence-corrected chi connectivity index (χ2v) is 4.50. The van der Waals surface area contributed by atoms with Crippen molar-refractivity contribution in [3.8, 4) is 0 Å². The molecule has 0 unspecified atom stereocenters. The number of hydrogen-bond acceptors (Lipinski definition) is 2. The van der Waals surface area contributed by atoms with Crippen molar-refractivity contribution < 1.29 is 27.9 Å². The zero-order valence-electron chi connectivity index (χ0n) is 10.8. The normalized spacial score (nSPS) is 12.6. The van der Waals surface area contributed by atoms with Crippen LogP contribution in [0, 0.1) is 0 Å². The van der Waals surface area contributed by atoms with Crippen LogP contribution in [-0.4, -0.2) is 23.1 Å². The molecular formula is C12H12ClF3N2O3. The molecule has 116 valence electrons. The molecule has 3 N–H and O–H groups in total. The number of aliphatic carboxylic acids is 1. The molecule has 2 amide bonds. The maximum Gasteiger partial charge on any atom is 0.417 e. The number of benzene rings is 1. The van der Waals surface area contributed by atoms with Gasteiger partial charge in [0, 0.05) is 5.69 Å². The minimum absolute atomic E-state index is 0.136. The molecule has 1 aromatic carbocycles. The van der Waals surface area contributed by atoms with E-state index in [0.29, 0.717) is 6.07 Å². The van der Waals surface area contributed by atoms with Crippen molar-refractivity contribution in [2.24, 2.45) is 0 Å². The predicted octanol–water partition coefficient (Wildman–Crippen LogP) is 3.34. The Hall–Kier alpha value is -1.96. The van der Waals surface area contributed by atoms with E-state index in [0.717, 1.165) is 6.07 Å². The lowest BCUT2D eigenvalue weighted by Crippen LogP contribution is -2.42. The van der Waals surface area contributed by atoms with Gasteiger partial charge in [-0.15, -0.1) is 0 Å². The number of halogens is 4. The summed E-state index contributed by atoms with van der Waals surface area (Å²) in [5, 5.41) is 12.5. The van der Waals surface area contributed by atoms with Crippen LogP contribution in [0.15, 0.2) is 18.2 Å². The molecule has 0 aromatic heterocycles. The zero-order chi connectivity index (χ0) is 16.2. The van der Waals surface area contributed by atoms with Crippen molar-refractivity contribution in [3.63, 3.8) is 0 Å². The minimum atomic E-state index is -4.65.